The Bertz CT molecular complexity index is 554. The van der Waals surface area contributed by atoms with Crippen LogP contribution in [0, 0.1) is 0 Å². The molecule has 1 unspecified atom stereocenters. The van der Waals surface area contributed by atoms with Crippen molar-refractivity contribution in [3.8, 4) is 0 Å². The van der Waals surface area contributed by atoms with E-state index in [0.29, 0.717) is 0 Å². The van der Waals surface area contributed by atoms with Gasteiger partial charge < -0.3 is 5.73 Å². The lowest BCUT2D eigenvalue weighted by Crippen LogP contribution is -2.19. The molecule has 1 heterocycles. The van der Waals surface area contributed by atoms with Crippen LogP contribution in [0.25, 0.3) is 0 Å². The third-order valence-corrected chi connectivity index (χ3v) is 3.95. The van der Waals surface area contributed by atoms with Crippen molar-refractivity contribution in [2.75, 3.05) is 0 Å². The van der Waals surface area contributed by atoms with Crippen LogP contribution in [0.1, 0.15) is 55.7 Å². The number of hydrogen-bond acceptors (Lipinski definition) is 2. The van der Waals surface area contributed by atoms with Gasteiger partial charge in [-0.05, 0) is 36.5 Å². The van der Waals surface area contributed by atoms with Crippen molar-refractivity contribution in [1.82, 2.24) is 9.78 Å². The minimum Gasteiger partial charge on any atom is -0.322 e. The van der Waals surface area contributed by atoms with Gasteiger partial charge in [-0.25, -0.2) is 0 Å². The first-order valence-electron chi connectivity index (χ1n) is 8.07. The second-order valence-electron chi connectivity index (χ2n) is 5.61. The van der Waals surface area contributed by atoms with Gasteiger partial charge in [0.25, 0.3) is 0 Å². The zero-order valence-electron chi connectivity index (χ0n) is 13.5. The van der Waals surface area contributed by atoms with Crippen LogP contribution in [0.3, 0.4) is 0 Å². The molecule has 0 radical (unpaired) electrons. The first-order valence-corrected chi connectivity index (χ1v) is 8.07. The summed E-state index contributed by atoms with van der Waals surface area (Å²) in [4.78, 5) is 0. The molecule has 1 atom stereocenters. The highest BCUT2D eigenvalue weighted by molar-refractivity contribution is 5.25. The van der Waals surface area contributed by atoms with Gasteiger partial charge in [0.05, 0.1) is 12.2 Å². The van der Waals surface area contributed by atoms with E-state index in [0.717, 1.165) is 31.5 Å². The number of rotatable bonds is 7. The predicted molar refractivity (Wildman–Crippen MR) is 88.3 cm³/mol. The van der Waals surface area contributed by atoms with Gasteiger partial charge in [0, 0.05) is 11.7 Å². The van der Waals surface area contributed by atoms with Gasteiger partial charge in [-0.15, -0.1) is 0 Å². The quantitative estimate of drug-likeness (QED) is 0.843. The lowest BCUT2D eigenvalue weighted by atomic mass is 10.0. The third-order valence-electron chi connectivity index (χ3n) is 3.95. The smallest absolute Gasteiger partial charge is 0.0624 e. The molecule has 0 spiro atoms. The number of benzene rings is 1. The van der Waals surface area contributed by atoms with Gasteiger partial charge in [0.1, 0.15) is 0 Å². The standard InChI is InChI=1S/C18H27N3/c1-4-7-14-8-10-15(11-9-14)18(19)13-21-17(6-3)12-16(5-2)20-21/h8-12,18H,4-7,13,19H2,1-3H3. The second-order valence-corrected chi connectivity index (χ2v) is 5.61. The summed E-state index contributed by atoms with van der Waals surface area (Å²) in [7, 11) is 0. The van der Waals surface area contributed by atoms with E-state index in [-0.39, 0.29) is 6.04 Å². The van der Waals surface area contributed by atoms with E-state index >= 15 is 0 Å². The monoisotopic (exact) mass is 285 g/mol. The van der Waals surface area contributed by atoms with Crippen molar-refractivity contribution in [2.45, 2.75) is 59.0 Å². The summed E-state index contributed by atoms with van der Waals surface area (Å²) in [6, 6.07) is 10.9. The highest BCUT2D eigenvalue weighted by atomic mass is 15.3. The lowest BCUT2D eigenvalue weighted by Gasteiger charge is -2.14. The fourth-order valence-corrected chi connectivity index (χ4v) is 2.64. The summed E-state index contributed by atoms with van der Waals surface area (Å²) >= 11 is 0. The predicted octanol–water partition coefficient (Wildman–Crippen LogP) is 3.66. The molecule has 0 amide bonds. The van der Waals surface area contributed by atoms with Gasteiger partial charge in [0.2, 0.25) is 0 Å². The first kappa shape index (κ1) is 15.8. The molecule has 2 aromatic rings. The number of nitrogens with zero attached hydrogens (tertiary/aromatic N) is 2. The first-order chi connectivity index (χ1) is 10.2. The molecular formula is C18H27N3. The average Bonchev–Trinajstić information content (AvgIpc) is 2.90. The molecular weight excluding hydrogens is 258 g/mol. The molecule has 21 heavy (non-hydrogen) atoms. The summed E-state index contributed by atoms with van der Waals surface area (Å²) in [5.74, 6) is 0. The minimum atomic E-state index is -0.00409. The zero-order chi connectivity index (χ0) is 15.2. The normalized spacial score (nSPS) is 12.6. The zero-order valence-corrected chi connectivity index (χ0v) is 13.5. The molecule has 3 heteroatoms. The van der Waals surface area contributed by atoms with E-state index in [1.807, 2.05) is 0 Å². The van der Waals surface area contributed by atoms with Crippen LogP contribution in [0.5, 0.6) is 0 Å². The molecule has 0 aliphatic heterocycles. The molecule has 0 fully saturated rings. The van der Waals surface area contributed by atoms with E-state index in [2.05, 4.69) is 60.9 Å². The van der Waals surface area contributed by atoms with Gasteiger partial charge in [0.15, 0.2) is 0 Å². The molecule has 114 valence electrons. The van der Waals surface area contributed by atoms with Crippen LogP contribution in [0.4, 0.5) is 0 Å². The van der Waals surface area contributed by atoms with Gasteiger partial charge >= 0.3 is 0 Å². The number of hydrogen-bond donors (Lipinski definition) is 1. The largest absolute Gasteiger partial charge is 0.322 e. The molecule has 0 saturated carbocycles. The Kier molecular flexibility index (Phi) is 5.57. The maximum absolute atomic E-state index is 6.36. The third kappa shape index (κ3) is 3.94. The molecule has 1 aromatic heterocycles. The van der Waals surface area contributed by atoms with Gasteiger partial charge in [-0.2, -0.15) is 5.10 Å². The maximum atomic E-state index is 6.36. The van der Waals surface area contributed by atoms with Crippen molar-refractivity contribution < 1.29 is 0 Å². The Hall–Kier alpha value is -1.61. The maximum Gasteiger partial charge on any atom is 0.0624 e. The Morgan fingerprint density at radius 2 is 1.81 bits per heavy atom. The Morgan fingerprint density at radius 3 is 2.38 bits per heavy atom. The van der Waals surface area contributed by atoms with Crippen LogP contribution >= 0.6 is 0 Å². The Morgan fingerprint density at radius 1 is 1.10 bits per heavy atom. The molecule has 2 N–H and O–H groups in total. The topological polar surface area (TPSA) is 43.8 Å². The summed E-state index contributed by atoms with van der Waals surface area (Å²) < 4.78 is 2.07. The summed E-state index contributed by atoms with van der Waals surface area (Å²) in [5.41, 5.74) is 11.4. The van der Waals surface area contributed by atoms with E-state index in [9.17, 15) is 0 Å². The Balaban J connectivity index is 2.09. The van der Waals surface area contributed by atoms with Crippen LogP contribution in [0.2, 0.25) is 0 Å². The summed E-state index contributed by atoms with van der Waals surface area (Å²) in [6.45, 7) is 7.25. The molecule has 2 rings (SSSR count). The fourth-order valence-electron chi connectivity index (χ4n) is 2.64. The summed E-state index contributed by atoms with van der Waals surface area (Å²) in [6.07, 6.45) is 4.28. The number of aromatic nitrogens is 2. The molecule has 0 bridgehead atoms. The molecule has 0 aliphatic carbocycles. The Labute approximate surface area is 128 Å². The van der Waals surface area contributed by atoms with Crippen molar-refractivity contribution in [3.05, 3.63) is 52.8 Å². The lowest BCUT2D eigenvalue weighted by molar-refractivity contribution is 0.507. The van der Waals surface area contributed by atoms with E-state index < -0.39 is 0 Å². The number of aryl methyl sites for hydroxylation is 3. The van der Waals surface area contributed by atoms with Crippen molar-refractivity contribution in [1.29, 1.82) is 0 Å². The van der Waals surface area contributed by atoms with E-state index in [1.54, 1.807) is 0 Å². The van der Waals surface area contributed by atoms with Crippen LogP contribution < -0.4 is 5.73 Å². The molecule has 1 aromatic carbocycles. The van der Waals surface area contributed by atoms with Crippen molar-refractivity contribution >= 4 is 0 Å². The molecule has 0 aliphatic rings. The second kappa shape index (κ2) is 7.41. The van der Waals surface area contributed by atoms with Crippen LogP contribution in [-0.4, -0.2) is 9.78 Å². The van der Waals surface area contributed by atoms with Crippen molar-refractivity contribution in [3.63, 3.8) is 0 Å². The SMILES string of the molecule is CCCc1ccc(C(N)Cn2nc(CC)cc2CC)cc1. The highest BCUT2D eigenvalue weighted by Crippen LogP contribution is 2.16. The molecule has 3 nitrogen and oxygen atoms in total. The van der Waals surface area contributed by atoms with Crippen LogP contribution in [0.15, 0.2) is 30.3 Å². The average molecular weight is 285 g/mol. The highest BCUT2D eigenvalue weighted by Gasteiger charge is 2.11. The summed E-state index contributed by atoms with van der Waals surface area (Å²) in [5, 5.41) is 4.65. The number of nitrogens with two attached hydrogens (primary N) is 1. The minimum absolute atomic E-state index is 0.00409. The fraction of sp³-hybridized carbons (Fsp3) is 0.500. The van der Waals surface area contributed by atoms with E-state index in [4.69, 9.17) is 5.73 Å². The van der Waals surface area contributed by atoms with Crippen LogP contribution in [-0.2, 0) is 25.8 Å². The molecule has 0 saturated heterocycles. The van der Waals surface area contributed by atoms with Crippen molar-refractivity contribution in [2.24, 2.45) is 5.73 Å². The van der Waals surface area contributed by atoms with E-state index in [1.165, 1.54) is 23.2 Å². The van der Waals surface area contributed by atoms with Gasteiger partial charge in [-0.3, -0.25) is 4.68 Å². The van der Waals surface area contributed by atoms with Gasteiger partial charge in [-0.1, -0.05) is 51.5 Å².